The van der Waals surface area contributed by atoms with Crippen LogP contribution in [0.3, 0.4) is 0 Å². The van der Waals surface area contributed by atoms with E-state index >= 15 is 0 Å². The molecule has 0 fully saturated rings. The molecule has 0 saturated heterocycles. The van der Waals surface area contributed by atoms with E-state index in [1.54, 1.807) is 0 Å². The zero-order valence-electron chi connectivity index (χ0n) is 7.98. The lowest BCUT2D eigenvalue weighted by molar-refractivity contribution is 0.0492. The minimum Gasteiger partial charge on any atom is -0.285 e. The fraction of sp³-hybridized carbons (Fsp3) is 0.333. The first-order valence-corrected chi connectivity index (χ1v) is 5.87. The van der Waals surface area contributed by atoms with Crippen LogP contribution in [-0.2, 0) is 15.9 Å². The van der Waals surface area contributed by atoms with E-state index in [0.29, 0.717) is 0 Å². The van der Waals surface area contributed by atoms with Gasteiger partial charge in [-0.05, 0) is 11.1 Å². The van der Waals surface area contributed by atoms with Crippen LogP contribution in [0, 0.1) is 0 Å². The number of benzene rings is 1. The molecular weight excluding hydrogens is 245 g/mol. The summed E-state index contributed by atoms with van der Waals surface area (Å²) < 4.78 is 67.1. The van der Waals surface area contributed by atoms with E-state index in [4.69, 9.17) is 4.55 Å². The van der Waals surface area contributed by atoms with E-state index in [1.165, 1.54) is 18.2 Å². The van der Waals surface area contributed by atoms with Crippen LogP contribution in [0.5, 0.6) is 0 Å². The Morgan fingerprint density at radius 2 is 1.75 bits per heavy atom. The number of halogens is 3. The molecule has 1 unspecified atom stereocenters. The van der Waals surface area contributed by atoms with Gasteiger partial charge in [-0.2, -0.15) is 8.42 Å². The third-order valence-electron chi connectivity index (χ3n) is 1.91. The Morgan fingerprint density at radius 1 is 1.19 bits per heavy atom. The average molecular weight is 254 g/mol. The van der Waals surface area contributed by atoms with E-state index in [-0.39, 0.29) is 5.56 Å². The van der Waals surface area contributed by atoms with Crippen molar-refractivity contribution < 1.29 is 26.1 Å². The second-order valence-electron chi connectivity index (χ2n) is 3.16. The van der Waals surface area contributed by atoms with E-state index < -0.39 is 34.0 Å². The standard InChI is InChI=1S/C9H9F3O3S/c10-8(9(11)12)7-4-2-1-3-6(7)5-16(13,14)15/h1-4,8-9H,5H2,(H,13,14,15). The number of rotatable bonds is 4. The van der Waals surface area contributed by atoms with Gasteiger partial charge in [0.1, 0.15) is 5.75 Å². The summed E-state index contributed by atoms with van der Waals surface area (Å²) in [6, 6.07) is 4.94. The van der Waals surface area contributed by atoms with E-state index in [1.807, 2.05) is 0 Å². The Kier molecular flexibility index (Phi) is 3.93. The van der Waals surface area contributed by atoms with Gasteiger partial charge < -0.3 is 0 Å². The van der Waals surface area contributed by atoms with Crippen molar-refractivity contribution in [1.29, 1.82) is 0 Å². The minimum atomic E-state index is -4.37. The average Bonchev–Trinajstić information content (AvgIpc) is 2.15. The summed E-state index contributed by atoms with van der Waals surface area (Å²) in [5.74, 6) is -0.879. The fourth-order valence-electron chi connectivity index (χ4n) is 1.27. The van der Waals surface area contributed by atoms with Crippen LogP contribution in [0.15, 0.2) is 24.3 Å². The quantitative estimate of drug-likeness (QED) is 0.839. The first kappa shape index (κ1) is 13.0. The number of hydrogen-bond acceptors (Lipinski definition) is 2. The molecule has 7 heteroatoms. The van der Waals surface area contributed by atoms with E-state index in [0.717, 1.165) is 6.07 Å². The maximum atomic E-state index is 13.1. The molecule has 1 N–H and O–H groups in total. The van der Waals surface area contributed by atoms with Gasteiger partial charge in [-0.15, -0.1) is 0 Å². The molecule has 1 rings (SSSR count). The summed E-state index contributed by atoms with van der Waals surface area (Å²) in [6.07, 6.45) is -5.79. The summed E-state index contributed by atoms with van der Waals surface area (Å²) in [7, 11) is -4.37. The summed E-state index contributed by atoms with van der Waals surface area (Å²) in [6.45, 7) is 0. The van der Waals surface area contributed by atoms with Crippen molar-refractivity contribution in [3.63, 3.8) is 0 Å². The largest absolute Gasteiger partial charge is 0.285 e. The molecule has 0 saturated carbocycles. The summed E-state index contributed by atoms with van der Waals surface area (Å²) in [5, 5.41) is 0. The minimum absolute atomic E-state index is 0.169. The van der Waals surface area contributed by atoms with E-state index in [9.17, 15) is 21.6 Å². The lowest BCUT2D eigenvalue weighted by Gasteiger charge is -2.11. The summed E-state index contributed by atoms with van der Waals surface area (Å²) in [4.78, 5) is 0. The van der Waals surface area contributed by atoms with E-state index in [2.05, 4.69) is 0 Å². The zero-order chi connectivity index (χ0) is 12.3. The summed E-state index contributed by atoms with van der Waals surface area (Å²) in [5.41, 5.74) is -0.590. The Labute approximate surface area is 90.7 Å². The van der Waals surface area contributed by atoms with Crippen molar-refractivity contribution >= 4 is 10.1 Å². The van der Waals surface area contributed by atoms with Crippen LogP contribution in [0.4, 0.5) is 13.2 Å². The Hall–Kier alpha value is -1.08. The fourth-order valence-corrected chi connectivity index (χ4v) is 1.92. The van der Waals surface area contributed by atoms with Gasteiger partial charge >= 0.3 is 0 Å². The molecule has 0 aliphatic carbocycles. The van der Waals surface area contributed by atoms with Gasteiger partial charge in [0.2, 0.25) is 0 Å². The predicted molar refractivity (Wildman–Crippen MR) is 51.5 cm³/mol. The third-order valence-corrected chi connectivity index (χ3v) is 2.59. The smallest absolute Gasteiger partial charge is 0.273 e. The van der Waals surface area contributed by atoms with Gasteiger partial charge in [0, 0.05) is 0 Å². The Bertz CT molecular complexity index is 459. The van der Waals surface area contributed by atoms with Gasteiger partial charge in [-0.3, -0.25) is 4.55 Å². The second kappa shape index (κ2) is 4.84. The van der Waals surface area contributed by atoms with Crippen LogP contribution in [0.1, 0.15) is 17.3 Å². The normalized spacial score (nSPS) is 14.1. The van der Waals surface area contributed by atoms with Crippen molar-refractivity contribution in [3.05, 3.63) is 35.4 Å². The van der Waals surface area contributed by atoms with Crippen LogP contribution < -0.4 is 0 Å². The monoisotopic (exact) mass is 254 g/mol. The van der Waals surface area contributed by atoms with Crippen molar-refractivity contribution in [2.75, 3.05) is 0 Å². The highest BCUT2D eigenvalue weighted by molar-refractivity contribution is 7.85. The molecule has 0 radical (unpaired) electrons. The topological polar surface area (TPSA) is 54.4 Å². The lowest BCUT2D eigenvalue weighted by atomic mass is 10.0. The predicted octanol–water partition coefficient (Wildman–Crippen LogP) is 2.35. The van der Waals surface area contributed by atoms with Gasteiger partial charge in [0.05, 0.1) is 0 Å². The molecule has 0 aromatic heterocycles. The van der Waals surface area contributed by atoms with Crippen molar-refractivity contribution in [1.82, 2.24) is 0 Å². The molecule has 0 bridgehead atoms. The molecule has 0 aliphatic rings. The molecule has 16 heavy (non-hydrogen) atoms. The van der Waals surface area contributed by atoms with Gasteiger partial charge in [-0.1, -0.05) is 24.3 Å². The van der Waals surface area contributed by atoms with Gasteiger partial charge in [0.15, 0.2) is 6.17 Å². The molecular formula is C9H9F3O3S. The van der Waals surface area contributed by atoms with Crippen LogP contribution >= 0.6 is 0 Å². The second-order valence-corrected chi connectivity index (χ2v) is 4.61. The first-order valence-electron chi connectivity index (χ1n) is 4.26. The maximum absolute atomic E-state index is 13.1. The molecule has 1 aromatic carbocycles. The molecule has 0 aliphatic heterocycles. The number of hydrogen-bond donors (Lipinski definition) is 1. The SMILES string of the molecule is O=S(=O)(O)Cc1ccccc1C(F)C(F)F. The molecule has 1 atom stereocenters. The van der Waals surface area contributed by atoms with Crippen molar-refractivity contribution in [2.45, 2.75) is 18.3 Å². The van der Waals surface area contributed by atoms with Gasteiger partial charge in [0.25, 0.3) is 16.5 Å². The van der Waals surface area contributed by atoms with Crippen LogP contribution in [-0.4, -0.2) is 19.4 Å². The molecule has 0 amide bonds. The Morgan fingerprint density at radius 3 is 2.25 bits per heavy atom. The molecule has 0 heterocycles. The van der Waals surface area contributed by atoms with Crippen molar-refractivity contribution in [3.8, 4) is 0 Å². The first-order chi connectivity index (χ1) is 7.31. The lowest BCUT2D eigenvalue weighted by Crippen LogP contribution is -2.10. The molecule has 90 valence electrons. The third kappa shape index (κ3) is 3.49. The number of alkyl halides is 3. The highest BCUT2D eigenvalue weighted by atomic mass is 32.2. The van der Waals surface area contributed by atoms with Crippen LogP contribution in [0.25, 0.3) is 0 Å². The molecule has 0 spiro atoms. The Balaban J connectivity index is 3.10. The van der Waals surface area contributed by atoms with Gasteiger partial charge in [-0.25, -0.2) is 13.2 Å². The maximum Gasteiger partial charge on any atom is 0.273 e. The summed E-state index contributed by atoms with van der Waals surface area (Å²) >= 11 is 0. The highest BCUT2D eigenvalue weighted by Crippen LogP contribution is 2.28. The molecule has 1 aromatic rings. The van der Waals surface area contributed by atoms with Crippen molar-refractivity contribution in [2.24, 2.45) is 0 Å². The highest BCUT2D eigenvalue weighted by Gasteiger charge is 2.25. The molecule has 3 nitrogen and oxygen atoms in total. The van der Waals surface area contributed by atoms with Crippen LogP contribution in [0.2, 0.25) is 0 Å². The zero-order valence-corrected chi connectivity index (χ0v) is 8.79.